The second kappa shape index (κ2) is 14.0. The van der Waals surface area contributed by atoms with E-state index in [-0.39, 0.29) is 30.7 Å². The number of hydrogen-bond donors (Lipinski definition) is 0. The summed E-state index contributed by atoms with van der Waals surface area (Å²) in [4.78, 5) is 12.9. The Labute approximate surface area is 234 Å². The zero-order chi connectivity index (χ0) is 27.1. The number of ether oxygens (including phenoxy) is 2. The third kappa shape index (κ3) is 7.04. The van der Waals surface area contributed by atoms with Crippen LogP contribution in [-0.4, -0.2) is 59.8 Å². The Kier molecular flexibility index (Phi) is 10.8. The molecule has 0 saturated carbocycles. The van der Waals surface area contributed by atoms with E-state index >= 15 is 0 Å². The summed E-state index contributed by atoms with van der Waals surface area (Å²) < 4.78 is 26.3. The Morgan fingerprint density at radius 1 is 1.00 bits per heavy atom. The molecule has 0 amide bonds. The van der Waals surface area contributed by atoms with E-state index < -0.39 is 20.8 Å². The van der Waals surface area contributed by atoms with E-state index in [1.54, 1.807) is 21.6 Å². The van der Waals surface area contributed by atoms with Gasteiger partial charge in [0, 0.05) is 29.5 Å². The third-order valence-corrected chi connectivity index (χ3v) is 11.0. The summed E-state index contributed by atoms with van der Waals surface area (Å²) in [5.74, 6) is 1.24. The van der Waals surface area contributed by atoms with Crippen molar-refractivity contribution in [2.24, 2.45) is 0 Å². The molecule has 0 radical (unpaired) electrons. The van der Waals surface area contributed by atoms with Gasteiger partial charge in [-0.1, -0.05) is 70.1 Å². The van der Waals surface area contributed by atoms with Gasteiger partial charge in [0.25, 0.3) is 8.53 Å². The molecule has 1 aliphatic carbocycles. The first-order valence-corrected chi connectivity index (χ1v) is 16.5. The highest BCUT2D eigenvalue weighted by Gasteiger charge is 2.37. The van der Waals surface area contributed by atoms with Gasteiger partial charge in [-0.05, 0) is 49.9 Å². The molecule has 2 aliphatic rings. The highest BCUT2D eigenvalue weighted by Crippen LogP contribution is 2.49. The Balaban J connectivity index is 1.40. The molecule has 2 aromatic rings. The van der Waals surface area contributed by atoms with Gasteiger partial charge in [0.15, 0.2) is 0 Å². The van der Waals surface area contributed by atoms with Gasteiger partial charge >= 0.3 is 6.16 Å². The molecule has 0 aromatic heterocycles. The van der Waals surface area contributed by atoms with Crippen molar-refractivity contribution in [1.29, 1.82) is 5.26 Å². The fourth-order valence-electron chi connectivity index (χ4n) is 4.81. The number of nitriles is 1. The molecule has 3 unspecified atom stereocenters. The molecule has 2 aromatic carbocycles. The molecule has 204 valence electrons. The predicted molar refractivity (Wildman–Crippen MR) is 155 cm³/mol. The van der Waals surface area contributed by atoms with E-state index in [1.807, 2.05) is 24.3 Å². The lowest BCUT2D eigenvalue weighted by molar-refractivity contribution is -0.0123. The topological polar surface area (TPSA) is 81.0 Å². The molecule has 1 saturated heterocycles. The van der Waals surface area contributed by atoms with E-state index in [4.69, 9.17) is 23.8 Å². The summed E-state index contributed by atoms with van der Waals surface area (Å²) in [5, 5.41) is 8.98. The zero-order valence-corrected chi connectivity index (χ0v) is 24.8. The highest BCUT2D eigenvalue weighted by atomic mass is 33.1. The van der Waals surface area contributed by atoms with Gasteiger partial charge in [-0.25, -0.2) is 9.46 Å². The van der Waals surface area contributed by atoms with E-state index in [1.165, 1.54) is 11.1 Å². The molecular weight excluding hydrogens is 539 g/mol. The van der Waals surface area contributed by atoms with Crippen LogP contribution in [0.1, 0.15) is 51.2 Å². The van der Waals surface area contributed by atoms with Crippen molar-refractivity contribution in [3.8, 4) is 17.2 Å². The van der Waals surface area contributed by atoms with E-state index in [2.05, 4.69) is 62.7 Å². The standard InChI is InChI=1S/C28H35N2O5PS2/c1-19(2)30(20(3)4)36(33-15-9-14-29)35-27-18-38-37-17-26(27)34-28(31)32-16-25-23-12-7-5-10-21(23)22-11-6-8-13-24(22)25/h5-8,10-13,19-20,25-27H,9,15-18H2,1-4H3. The lowest BCUT2D eigenvalue weighted by atomic mass is 9.98. The molecule has 0 bridgehead atoms. The number of rotatable bonds is 11. The number of hydrogen-bond acceptors (Lipinski definition) is 9. The van der Waals surface area contributed by atoms with Crippen LogP contribution in [0.4, 0.5) is 4.79 Å². The SMILES string of the molecule is CC(C)N(C(C)C)P(OCCC#N)OC1CSSCC1OC(=O)OCC1c2ccccc2-c2ccccc21. The average molecular weight is 575 g/mol. The molecule has 3 atom stereocenters. The van der Waals surface area contributed by atoms with Crippen LogP contribution < -0.4 is 0 Å². The van der Waals surface area contributed by atoms with Crippen LogP contribution in [0, 0.1) is 11.3 Å². The molecule has 0 N–H and O–H groups in total. The second-order valence-electron chi connectivity index (χ2n) is 9.70. The van der Waals surface area contributed by atoms with Crippen LogP contribution in [0.2, 0.25) is 0 Å². The number of fused-ring (bicyclic) bond motifs is 3. The summed E-state index contributed by atoms with van der Waals surface area (Å²) in [5.41, 5.74) is 4.69. The van der Waals surface area contributed by atoms with E-state index in [0.29, 0.717) is 24.5 Å². The van der Waals surface area contributed by atoms with Crippen LogP contribution in [0.25, 0.3) is 11.1 Å². The second-order valence-corrected chi connectivity index (χ2v) is 13.7. The van der Waals surface area contributed by atoms with Crippen molar-refractivity contribution in [1.82, 2.24) is 4.67 Å². The number of carbonyl (C=O) groups is 1. The van der Waals surface area contributed by atoms with Crippen molar-refractivity contribution in [2.75, 3.05) is 24.7 Å². The number of nitrogens with zero attached hydrogens (tertiary/aromatic N) is 2. The maximum absolute atomic E-state index is 12.9. The number of carbonyl (C=O) groups excluding carboxylic acids is 1. The Hall–Kier alpha value is -1.79. The van der Waals surface area contributed by atoms with Crippen LogP contribution in [0.5, 0.6) is 0 Å². The molecule has 10 heteroatoms. The molecule has 4 rings (SSSR count). The molecule has 1 heterocycles. The molecule has 0 spiro atoms. The zero-order valence-electron chi connectivity index (χ0n) is 22.2. The Bertz CT molecular complexity index is 1070. The smallest absolute Gasteiger partial charge is 0.433 e. The van der Waals surface area contributed by atoms with E-state index in [9.17, 15) is 4.79 Å². The summed E-state index contributed by atoms with van der Waals surface area (Å²) in [7, 11) is 1.92. The highest BCUT2D eigenvalue weighted by molar-refractivity contribution is 8.76. The minimum Gasteiger partial charge on any atom is -0.433 e. The van der Waals surface area contributed by atoms with Gasteiger partial charge in [-0.15, -0.1) is 0 Å². The van der Waals surface area contributed by atoms with Crippen molar-refractivity contribution >= 4 is 36.3 Å². The van der Waals surface area contributed by atoms with Gasteiger partial charge < -0.3 is 18.5 Å². The van der Waals surface area contributed by atoms with Crippen LogP contribution >= 0.6 is 30.1 Å². The van der Waals surface area contributed by atoms with Crippen molar-refractivity contribution in [3.63, 3.8) is 0 Å². The molecule has 1 aliphatic heterocycles. The number of benzene rings is 2. The normalized spacial score (nSPS) is 19.7. The fraction of sp³-hybridized carbons (Fsp3) is 0.500. The van der Waals surface area contributed by atoms with Gasteiger partial charge in [0.1, 0.15) is 18.8 Å². The van der Waals surface area contributed by atoms with Crippen LogP contribution in [0.15, 0.2) is 48.5 Å². The predicted octanol–water partition coefficient (Wildman–Crippen LogP) is 7.38. The van der Waals surface area contributed by atoms with Crippen molar-refractivity contribution < 1.29 is 23.3 Å². The summed E-state index contributed by atoms with van der Waals surface area (Å²) >= 11 is 0. The lowest BCUT2D eigenvalue weighted by Crippen LogP contribution is -2.41. The minimum absolute atomic E-state index is 0.0229. The summed E-state index contributed by atoms with van der Waals surface area (Å²) in [6.45, 7) is 8.91. The van der Waals surface area contributed by atoms with Gasteiger partial charge in [0.05, 0.1) is 19.1 Å². The van der Waals surface area contributed by atoms with Crippen LogP contribution in [0.3, 0.4) is 0 Å². The van der Waals surface area contributed by atoms with E-state index in [0.717, 1.165) is 11.1 Å². The average Bonchev–Trinajstić information content (AvgIpc) is 3.22. The van der Waals surface area contributed by atoms with Gasteiger partial charge in [0.2, 0.25) is 0 Å². The van der Waals surface area contributed by atoms with Crippen molar-refractivity contribution in [2.45, 2.75) is 64.3 Å². The quantitative estimate of drug-likeness (QED) is 0.118. The monoisotopic (exact) mass is 574 g/mol. The molecule has 1 fully saturated rings. The first kappa shape index (κ1) is 29.2. The molecule has 38 heavy (non-hydrogen) atoms. The van der Waals surface area contributed by atoms with Gasteiger partial charge in [-0.2, -0.15) is 5.26 Å². The van der Waals surface area contributed by atoms with Crippen molar-refractivity contribution in [3.05, 3.63) is 59.7 Å². The first-order valence-electron chi connectivity index (χ1n) is 12.9. The summed E-state index contributed by atoms with van der Waals surface area (Å²) in [6, 6.07) is 19.0. The third-order valence-electron chi connectivity index (χ3n) is 6.43. The summed E-state index contributed by atoms with van der Waals surface area (Å²) in [6.07, 6.45) is -1.18. The maximum Gasteiger partial charge on any atom is 0.508 e. The Morgan fingerprint density at radius 2 is 1.58 bits per heavy atom. The molecule has 7 nitrogen and oxygen atoms in total. The van der Waals surface area contributed by atoms with Gasteiger partial charge in [-0.3, -0.25) is 0 Å². The van der Waals surface area contributed by atoms with Crippen LogP contribution in [-0.2, 0) is 18.5 Å². The maximum atomic E-state index is 12.9. The largest absolute Gasteiger partial charge is 0.508 e. The Morgan fingerprint density at radius 3 is 2.16 bits per heavy atom. The fourth-order valence-corrected chi connectivity index (χ4v) is 9.07. The lowest BCUT2D eigenvalue weighted by Gasteiger charge is -2.39. The minimum atomic E-state index is -1.43. The first-order chi connectivity index (χ1) is 18.4. The molecular formula is C28H35N2O5PS2.